The van der Waals surface area contributed by atoms with E-state index in [2.05, 4.69) is 11.5 Å². The molecule has 1 N–H and O–H groups in total. The fourth-order valence-corrected chi connectivity index (χ4v) is 0.240. The summed E-state index contributed by atoms with van der Waals surface area (Å²) in [5, 5.41) is 5.00. The van der Waals surface area contributed by atoms with Crippen LogP contribution in [-0.4, -0.2) is 18.0 Å². The third-order valence-electron chi connectivity index (χ3n) is 0.740. The molecule has 0 unspecified atom stereocenters. The predicted octanol–water partition coefficient (Wildman–Crippen LogP) is -1.21. The van der Waals surface area contributed by atoms with Gasteiger partial charge in [-0.2, -0.15) is 0 Å². The van der Waals surface area contributed by atoms with E-state index in [1.165, 1.54) is 13.1 Å². The lowest BCUT2D eigenvalue weighted by atomic mass is 11.0. The van der Waals surface area contributed by atoms with Crippen LogP contribution in [0.1, 0.15) is 0 Å². The van der Waals surface area contributed by atoms with Crippen molar-refractivity contribution in [2.24, 2.45) is 0 Å². The number of hydrogen-bond acceptors (Lipinski definition) is 1. The van der Waals surface area contributed by atoms with Gasteiger partial charge in [-0.3, -0.25) is 0 Å². The first-order valence-corrected chi connectivity index (χ1v) is 2.05. The average Bonchev–Trinajstić information content (AvgIpc) is 2.52. The van der Waals surface area contributed by atoms with Crippen LogP contribution in [0.5, 0.6) is 0 Å². The Morgan fingerprint density at radius 3 is 2.00 bits per heavy atom. The van der Waals surface area contributed by atoms with Gasteiger partial charge in [-0.25, -0.2) is 6.57 Å². The van der Waals surface area contributed by atoms with Crippen LogP contribution < -0.4 is 5.26 Å². The first kappa shape index (κ1) is 6.03. The molecule has 1 rings (SSSR count). The minimum Gasteiger partial charge on any atom is -0.374 e. The minimum atomic E-state index is 1.23. The van der Waals surface area contributed by atoms with Crippen molar-refractivity contribution in [1.29, 1.82) is 0 Å². The summed E-state index contributed by atoms with van der Waals surface area (Å²) in [5.74, 6) is 0. The largest absolute Gasteiger partial charge is 0.374 e. The Balaban J connectivity index is 0.000000162. The lowest BCUT2D eigenvalue weighted by Crippen LogP contribution is -2.10. The molecule has 0 aromatic heterocycles. The van der Waals surface area contributed by atoms with E-state index in [1.807, 2.05) is 6.20 Å². The maximum Gasteiger partial charge on any atom is 0.0349 e. The van der Waals surface area contributed by atoms with Crippen molar-refractivity contribution >= 4 is 0 Å². The molecule has 7 heavy (non-hydrogen) atoms. The molecule has 0 aromatic carbocycles. The van der Waals surface area contributed by atoms with E-state index in [1.54, 1.807) is 0 Å². The van der Waals surface area contributed by atoms with Gasteiger partial charge in [0.15, 0.2) is 0 Å². The van der Waals surface area contributed by atoms with Crippen LogP contribution in [0.25, 0.3) is 0 Å². The van der Waals surface area contributed by atoms with Crippen molar-refractivity contribution in [3.63, 3.8) is 0 Å². The van der Waals surface area contributed by atoms with E-state index in [4.69, 9.17) is 11.8 Å². The van der Waals surface area contributed by atoms with Gasteiger partial charge in [-0.1, -0.05) is 6.58 Å². The van der Waals surface area contributed by atoms with Gasteiger partial charge in [-0.15, -0.1) is 0 Å². The van der Waals surface area contributed by atoms with Gasteiger partial charge in [0, 0.05) is 13.1 Å². The van der Waals surface area contributed by atoms with E-state index in [0.29, 0.717) is 0 Å². The highest BCUT2D eigenvalue weighted by Crippen LogP contribution is 1.99. The Bertz CT molecular complexity index is 71.4. The van der Waals surface area contributed by atoms with Crippen LogP contribution in [0.4, 0.5) is 0 Å². The summed E-state index contributed by atoms with van der Waals surface area (Å²) in [6.45, 7) is 11.0. The van der Waals surface area contributed by atoms with Crippen LogP contribution in [0.2, 0.25) is 0 Å². The molecule has 0 aliphatic carbocycles. The molecule has 0 spiro atoms. The smallest absolute Gasteiger partial charge is 0.0349 e. The zero-order valence-corrected chi connectivity index (χ0v) is 4.15. The molecular formula is C5H8N2. The van der Waals surface area contributed by atoms with Crippen LogP contribution in [0, 0.1) is 6.57 Å². The molecule has 0 aromatic rings. The van der Waals surface area contributed by atoms with Gasteiger partial charge < -0.3 is 10.2 Å². The number of nitrogens with zero attached hydrogens (tertiary/aromatic N) is 1. The van der Waals surface area contributed by atoms with E-state index in [-0.39, 0.29) is 0 Å². The van der Waals surface area contributed by atoms with Crippen molar-refractivity contribution in [2.45, 2.75) is 0 Å². The van der Waals surface area contributed by atoms with Crippen LogP contribution in [0.15, 0.2) is 12.8 Å². The van der Waals surface area contributed by atoms with E-state index >= 15 is 0 Å². The lowest BCUT2D eigenvalue weighted by molar-refractivity contribution is -0.0997. The number of nitrogens with one attached hydrogen (secondary N) is 1. The molecule has 1 saturated heterocycles. The first-order valence-electron chi connectivity index (χ1n) is 2.05. The first-order chi connectivity index (χ1) is 3.43. The average molecular weight is 96.1 g/mol. The Hall–Kier alpha value is -0.970. The zero-order chi connectivity index (χ0) is 5.70. The molecule has 0 atom stereocenters. The molecule has 1 aliphatic rings. The Morgan fingerprint density at radius 2 is 2.00 bits per heavy atom. The quantitative estimate of drug-likeness (QED) is 0.322. The predicted molar refractivity (Wildman–Crippen MR) is 26.0 cm³/mol. The second kappa shape index (κ2) is 3.23. The van der Waals surface area contributed by atoms with Crippen LogP contribution in [0.3, 0.4) is 0 Å². The zero-order valence-electron chi connectivity index (χ0n) is 4.15. The van der Waals surface area contributed by atoms with Crippen molar-refractivity contribution in [1.82, 2.24) is 4.90 Å². The second-order valence-corrected chi connectivity index (χ2v) is 1.22. The molecule has 38 valence electrons. The highest BCUT2D eigenvalue weighted by atomic mass is 15.2. The summed E-state index contributed by atoms with van der Waals surface area (Å²) in [5.41, 5.74) is 0. The van der Waals surface area contributed by atoms with Gasteiger partial charge in [-0.05, 0) is 6.20 Å². The van der Waals surface area contributed by atoms with E-state index < -0.39 is 0 Å². The molecule has 2 heteroatoms. The molecule has 1 aliphatic heterocycles. The third-order valence-corrected chi connectivity index (χ3v) is 0.740. The lowest BCUT2D eigenvalue weighted by Gasteiger charge is -1.77. The summed E-state index contributed by atoms with van der Waals surface area (Å²) in [6, 6.07) is 0. The molecular weight excluding hydrogens is 88.1 g/mol. The summed E-state index contributed by atoms with van der Waals surface area (Å²) >= 11 is 0. The van der Waals surface area contributed by atoms with Gasteiger partial charge in [0.2, 0.25) is 0 Å². The van der Waals surface area contributed by atoms with E-state index in [9.17, 15) is 0 Å². The van der Waals surface area contributed by atoms with Crippen molar-refractivity contribution in [3.8, 4) is 0 Å². The molecule has 0 radical (unpaired) electrons. The summed E-state index contributed by atoms with van der Waals surface area (Å²) in [6.07, 6.45) is 1.86. The van der Waals surface area contributed by atoms with Crippen LogP contribution >= 0.6 is 0 Å². The molecule has 0 amide bonds. The fraction of sp³-hybridized carbons (Fsp3) is 0.400. The number of hydrogen-bond donors (Lipinski definition) is 1. The molecule has 2 nitrogen and oxygen atoms in total. The number of rotatable bonds is 1. The molecule has 0 bridgehead atoms. The van der Waals surface area contributed by atoms with Crippen molar-refractivity contribution in [3.05, 3.63) is 19.4 Å². The summed E-state index contributed by atoms with van der Waals surface area (Å²) < 4.78 is 0. The van der Waals surface area contributed by atoms with Gasteiger partial charge in [0.1, 0.15) is 0 Å². The maximum atomic E-state index is 5.00. The van der Waals surface area contributed by atoms with Crippen LogP contribution in [-0.2, 0) is 0 Å². The highest BCUT2D eigenvalue weighted by molar-refractivity contribution is 4.82. The molecule has 1 heterocycles. The Labute approximate surface area is 43.7 Å². The Morgan fingerprint density at radius 1 is 1.57 bits per heavy atom. The van der Waals surface area contributed by atoms with Gasteiger partial charge >= 0.3 is 0 Å². The Kier molecular flexibility index (Phi) is 2.78. The minimum absolute atomic E-state index is 1.23. The van der Waals surface area contributed by atoms with E-state index in [0.717, 1.165) is 0 Å². The highest BCUT2D eigenvalue weighted by Gasteiger charge is 2.08. The second-order valence-electron chi connectivity index (χ2n) is 1.22. The monoisotopic (exact) mass is 96.1 g/mol. The maximum absolute atomic E-state index is 5.00. The normalized spacial score (nSPS) is 13.7. The standard InChI is InChI=1S/C4H7N.CHN/c1-2-5-3-4-5;1-2/h2H,1,3-4H2;2H. The summed E-state index contributed by atoms with van der Waals surface area (Å²) in [7, 11) is 0. The fourth-order valence-electron chi connectivity index (χ4n) is 0.240. The SMILES string of the molecule is C=CN1CC1.[C-]#[NH+]. The summed E-state index contributed by atoms with van der Waals surface area (Å²) in [4.78, 5) is 2.14. The topological polar surface area (TPSA) is 26.8 Å². The van der Waals surface area contributed by atoms with Crippen molar-refractivity contribution in [2.75, 3.05) is 13.1 Å². The third kappa shape index (κ3) is 2.84. The van der Waals surface area contributed by atoms with Gasteiger partial charge in [0.05, 0.1) is 0 Å². The molecule has 1 fully saturated rings. The van der Waals surface area contributed by atoms with Gasteiger partial charge in [0.25, 0.3) is 0 Å². The molecule has 0 saturated carbocycles. The van der Waals surface area contributed by atoms with Crippen molar-refractivity contribution < 1.29 is 5.26 Å².